The van der Waals surface area contributed by atoms with Gasteiger partial charge < -0.3 is 33.8 Å². The molecule has 0 rings (SSSR count). The minimum atomic E-state index is -4.95. The summed E-state index contributed by atoms with van der Waals surface area (Å²) in [7, 11) is -9.90. The lowest BCUT2D eigenvalue weighted by Gasteiger charge is -2.21. The van der Waals surface area contributed by atoms with Crippen molar-refractivity contribution in [3.63, 3.8) is 0 Å². The van der Waals surface area contributed by atoms with Gasteiger partial charge in [-0.25, -0.2) is 9.13 Å². The summed E-state index contributed by atoms with van der Waals surface area (Å²) in [6, 6.07) is 0. The Morgan fingerprint density at radius 3 is 0.826 bits per heavy atom. The maximum Gasteiger partial charge on any atom is 0.472 e. The van der Waals surface area contributed by atoms with Crippen molar-refractivity contribution >= 4 is 39.5 Å². The Hall–Kier alpha value is -1.94. The number of hydrogen-bond donors (Lipinski definition) is 3. The molecule has 3 N–H and O–H groups in total. The molecule has 19 heteroatoms. The molecule has 17 nitrogen and oxygen atoms in total. The number of aliphatic hydroxyl groups excluding tert-OH is 1. The van der Waals surface area contributed by atoms with Gasteiger partial charge in [0.05, 0.1) is 26.4 Å². The summed E-state index contributed by atoms with van der Waals surface area (Å²) in [6.07, 6.45) is 37.7. The van der Waals surface area contributed by atoms with Crippen LogP contribution in [0.4, 0.5) is 0 Å². The Morgan fingerprint density at radius 1 is 0.326 bits per heavy atom. The molecular weight excluding hydrogens is 1140 g/mol. The van der Waals surface area contributed by atoms with Crippen LogP contribution in [0.1, 0.15) is 325 Å². The molecule has 0 radical (unpaired) electrons. The van der Waals surface area contributed by atoms with E-state index in [1.165, 1.54) is 122 Å². The summed E-state index contributed by atoms with van der Waals surface area (Å²) in [6.45, 7) is 14.0. The number of unbranched alkanes of at least 4 members (excludes halogenated alkanes) is 29. The van der Waals surface area contributed by atoms with Crippen LogP contribution in [0.25, 0.3) is 0 Å². The number of carbonyl (C=O) groups excluding carboxylic acids is 4. The zero-order valence-electron chi connectivity index (χ0n) is 55.9. The lowest BCUT2D eigenvalue weighted by molar-refractivity contribution is -0.161. The predicted octanol–water partition coefficient (Wildman–Crippen LogP) is 18.5. The second-order valence-electron chi connectivity index (χ2n) is 25.9. The third kappa shape index (κ3) is 59.7. The highest BCUT2D eigenvalue weighted by atomic mass is 31.2. The van der Waals surface area contributed by atoms with Gasteiger partial charge in [-0.15, -0.1) is 0 Å². The van der Waals surface area contributed by atoms with Crippen molar-refractivity contribution in [3.8, 4) is 0 Å². The number of rotatable bonds is 64. The van der Waals surface area contributed by atoms with Gasteiger partial charge in [0.15, 0.2) is 12.2 Å². The van der Waals surface area contributed by atoms with Gasteiger partial charge in [0.25, 0.3) is 0 Å². The van der Waals surface area contributed by atoms with E-state index in [4.69, 9.17) is 37.0 Å². The Balaban J connectivity index is 5.25. The molecule has 0 heterocycles. The first kappa shape index (κ1) is 84.1. The van der Waals surface area contributed by atoms with E-state index in [9.17, 15) is 43.2 Å². The lowest BCUT2D eigenvalue weighted by atomic mass is 9.99. The van der Waals surface area contributed by atoms with Gasteiger partial charge in [0, 0.05) is 25.7 Å². The second kappa shape index (κ2) is 57.0. The van der Waals surface area contributed by atoms with E-state index in [-0.39, 0.29) is 25.7 Å². The molecule has 0 aromatic carbocycles. The summed E-state index contributed by atoms with van der Waals surface area (Å²) >= 11 is 0. The van der Waals surface area contributed by atoms with Gasteiger partial charge in [-0.1, -0.05) is 274 Å². The quantitative estimate of drug-likeness (QED) is 0.0222. The smallest absolute Gasteiger partial charge is 0.462 e. The first-order chi connectivity index (χ1) is 41.1. The summed E-state index contributed by atoms with van der Waals surface area (Å²) in [5.41, 5.74) is 0. The highest BCUT2D eigenvalue weighted by molar-refractivity contribution is 7.47. The van der Waals surface area contributed by atoms with Crippen molar-refractivity contribution in [3.05, 3.63) is 0 Å². The summed E-state index contributed by atoms with van der Waals surface area (Å²) < 4.78 is 68.1. The standard InChI is InChI=1S/C67H130O17P2/c1-9-60(8)46-38-30-21-16-18-22-31-39-47-64(69)77-53-62(84-67(72)50-42-34-24-17-15-20-28-36-44-58(4)5)55-81-85(73,74)79-51-61(68)52-80-86(75,76)82-56-63(54-78-65(70)48-40-32-26-25-29-37-45-59(6)7)83-66(71)49-41-33-23-14-12-10-11-13-19-27-35-43-57(2)3/h57-63,68H,9-56H2,1-8H3,(H,73,74)(H,75,76)/t60?,61-,62-,63-/m1/s1. The van der Waals surface area contributed by atoms with Crippen molar-refractivity contribution in [2.24, 2.45) is 23.7 Å². The van der Waals surface area contributed by atoms with Gasteiger partial charge in [-0.2, -0.15) is 0 Å². The van der Waals surface area contributed by atoms with Crippen LogP contribution in [0.2, 0.25) is 0 Å². The largest absolute Gasteiger partial charge is 0.472 e. The zero-order chi connectivity index (χ0) is 63.9. The molecule has 510 valence electrons. The maximum atomic E-state index is 13.0. The number of hydrogen-bond acceptors (Lipinski definition) is 15. The molecular formula is C67H130O17P2. The van der Waals surface area contributed by atoms with Crippen molar-refractivity contribution in [2.45, 2.75) is 343 Å². The summed E-state index contributed by atoms with van der Waals surface area (Å²) in [4.78, 5) is 72.4. The normalized spacial score (nSPS) is 14.7. The van der Waals surface area contributed by atoms with E-state index < -0.39 is 97.5 Å². The van der Waals surface area contributed by atoms with Gasteiger partial charge in [-0.05, 0) is 49.4 Å². The highest BCUT2D eigenvalue weighted by Crippen LogP contribution is 2.45. The Morgan fingerprint density at radius 2 is 0.558 bits per heavy atom. The van der Waals surface area contributed by atoms with Gasteiger partial charge >= 0.3 is 39.5 Å². The molecule has 3 unspecified atom stereocenters. The molecule has 0 aliphatic carbocycles. The average molecular weight is 1270 g/mol. The maximum absolute atomic E-state index is 13.0. The van der Waals surface area contributed by atoms with E-state index in [0.29, 0.717) is 31.6 Å². The Bertz CT molecular complexity index is 1720. The Labute approximate surface area is 524 Å². The van der Waals surface area contributed by atoms with Crippen LogP contribution in [0.15, 0.2) is 0 Å². The van der Waals surface area contributed by atoms with Crippen LogP contribution in [0, 0.1) is 23.7 Å². The van der Waals surface area contributed by atoms with Crippen LogP contribution in [0.5, 0.6) is 0 Å². The number of carbonyl (C=O) groups is 4. The molecule has 0 bridgehead atoms. The zero-order valence-corrected chi connectivity index (χ0v) is 57.7. The minimum Gasteiger partial charge on any atom is -0.462 e. The van der Waals surface area contributed by atoms with Gasteiger partial charge in [0.1, 0.15) is 19.3 Å². The van der Waals surface area contributed by atoms with Crippen molar-refractivity contribution in [1.29, 1.82) is 0 Å². The van der Waals surface area contributed by atoms with Crippen LogP contribution in [-0.2, 0) is 65.4 Å². The van der Waals surface area contributed by atoms with Crippen molar-refractivity contribution in [2.75, 3.05) is 39.6 Å². The van der Waals surface area contributed by atoms with Crippen LogP contribution < -0.4 is 0 Å². The van der Waals surface area contributed by atoms with E-state index in [2.05, 4.69) is 55.4 Å². The summed E-state index contributed by atoms with van der Waals surface area (Å²) in [5, 5.41) is 10.6. The number of ether oxygens (including phenoxy) is 4. The predicted molar refractivity (Wildman–Crippen MR) is 344 cm³/mol. The molecule has 0 fully saturated rings. The van der Waals surface area contributed by atoms with Gasteiger partial charge in [0.2, 0.25) is 0 Å². The fraction of sp³-hybridized carbons (Fsp3) is 0.940. The average Bonchev–Trinajstić information content (AvgIpc) is 3.66. The van der Waals surface area contributed by atoms with Crippen LogP contribution in [-0.4, -0.2) is 96.7 Å². The topological polar surface area (TPSA) is 237 Å². The molecule has 0 amide bonds. The molecule has 0 aromatic rings. The molecule has 86 heavy (non-hydrogen) atoms. The number of aliphatic hydroxyl groups is 1. The summed E-state index contributed by atoms with van der Waals surface area (Å²) in [5.74, 6) is 0.804. The van der Waals surface area contributed by atoms with E-state index >= 15 is 0 Å². The lowest BCUT2D eigenvalue weighted by Crippen LogP contribution is -2.30. The molecule has 0 spiro atoms. The highest BCUT2D eigenvalue weighted by Gasteiger charge is 2.30. The molecule has 6 atom stereocenters. The third-order valence-corrected chi connectivity index (χ3v) is 17.6. The van der Waals surface area contributed by atoms with E-state index in [1.54, 1.807) is 0 Å². The number of phosphoric ester groups is 2. The SMILES string of the molecule is CCC(C)CCCCCCCCCCC(=O)OC[C@H](COP(=O)(O)OC[C@@H](O)COP(=O)(O)OC[C@@H](COC(=O)CCCCCCCCC(C)C)OC(=O)CCCCCCCCCCCCCC(C)C)OC(=O)CCCCCCCCCCC(C)C. The minimum absolute atomic E-state index is 0.103. The van der Waals surface area contributed by atoms with E-state index in [0.717, 1.165) is 114 Å². The number of phosphoric acid groups is 2. The van der Waals surface area contributed by atoms with Crippen LogP contribution in [0.3, 0.4) is 0 Å². The first-order valence-corrected chi connectivity index (χ1v) is 37.7. The molecule has 0 aliphatic heterocycles. The molecule has 0 saturated heterocycles. The first-order valence-electron chi connectivity index (χ1n) is 34.7. The van der Waals surface area contributed by atoms with Crippen molar-refractivity contribution < 1.29 is 80.2 Å². The fourth-order valence-corrected chi connectivity index (χ4v) is 11.5. The molecule has 0 aromatic heterocycles. The fourth-order valence-electron chi connectivity index (χ4n) is 9.93. The third-order valence-electron chi connectivity index (χ3n) is 15.7. The Kier molecular flexibility index (Phi) is 55.7. The van der Waals surface area contributed by atoms with Gasteiger partial charge in [-0.3, -0.25) is 37.3 Å². The number of esters is 4. The molecule has 0 aliphatic rings. The van der Waals surface area contributed by atoms with Crippen molar-refractivity contribution in [1.82, 2.24) is 0 Å². The van der Waals surface area contributed by atoms with Crippen LogP contribution >= 0.6 is 15.6 Å². The monoisotopic (exact) mass is 1270 g/mol. The second-order valence-corrected chi connectivity index (χ2v) is 28.8. The van der Waals surface area contributed by atoms with E-state index in [1.807, 2.05) is 0 Å². The molecule has 0 saturated carbocycles.